The zero-order valence-corrected chi connectivity index (χ0v) is 26.6. The van der Waals surface area contributed by atoms with Crippen molar-refractivity contribution in [2.45, 2.75) is 41.5 Å². The van der Waals surface area contributed by atoms with Gasteiger partial charge in [-0.1, -0.05) is 18.2 Å². The van der Waals surface area contributed by atoms with Gasteiger partial charge in [0.05, 0.1) is 52.4 Å². The molecule has 4 nitrogen and oxygen atoms in total. The van der Waals surface area contributed by atoms with Crippen LogP contribution in [-0.4, -0.2) is 74.5 Å². The monoisotopic (exact) mass is 695 g/mol. The highest BCUT2D eigenvalue weighted by Crippen LogP contribution is 2.27. The molecule has 34 heavy (non-hydrogen) atoms. The first kappa shape index (κ1) is 33.4. The lowest BCUT2D eigenvalue weighted by Crippen LogP contribution is -3.00. The van der Waals surface area contributed by atoms with Crippen LogP contribution in [0.1, 0.15) is 41.5 Å². The van der Waals surface area contributed by atoms with Gasteiger partial charge in [-0.2, -0.15) is 0 Å². The van der Waals surface area contributed by atoms with E-state index in [1.807, 2.05) is 0 Å². The van der Waals surface area contributed by atoms with E-state index in [9.17, 15) is 0 Å². The Hall–Kier alpha value is -0.580. The zero-order chi connectivity index (χ0) is 23.5. The molecule has 0 saturated heterocycles. The molecule has 0 amide bonds. The molecule has 0 fully saturated rings. The van der Waals surface area contributed by atoms with Gasteiger partial charge in [0.2, 0.25) is 0 Å². The minimum atomic E-state index is 0. The van der Waals surface area contributed by atoms with Crippen molar-refractivity contribution >= 4 is 11.4 Å². The molecule has 0 aliphatic heterocycles. The van der Waals surface area contributed by atoms with E-state index in [2.05, 4.69) is 101 Å². The summed E-state index contributed by atoms with van der Waals surface area (Å²) >= 11 is 0. The summed E-state index contributed by atoms with van der Waals surface area (Å²) in [7, 11) is 0. The molecule has 194 valence electrons. The SMILES string of the molecule is CC[N+](CC)(CC)CCOc1ccc(N(CC[N+](CC)(CC)CC)c2ccccc2)cc1.[I-].[I-]. The molecule has 0 aliphatic carbocycles. The maximum Gasteiger partial charge on any atom is 0.137 e. The third kappa shape index (κ3) is 9.13. The molecule has 0 bridgehead atoms. The Morgan fingerprint density at radius 1 is 0.588 bits per heavy atom. The summed E-state index contributed by atoms with van der Waals surface area (Å²) in [5.74, 6) is 0.962. The Morgan fingerprint density at radius 3 is 1.50 bits per heavy atom. The lowest BCUT2D eigenvalue weighted by atomic mass is 10.2. The number of para-hydroxylation sites is 1. The largest absolute Gasteiger partial charge is 1.00 e. The average molecular weight is 696 g/mol. The first-order valence-corrected chi connectivity index (χ1v) is 12.8. The first-order chi connectivity index (χ1) is 15.5. The van der Waals surface area contributed by atoms with E-state index < -0.39 is 0 Å². The summed E-state index contributed by atoms with van der Waals surface area (Å²) in [5.41, 5.74) is 2.48. The third-order valence-corrected chi connectivity index (χ3v) is 7.87. The fourth-order valence-corrected chi connectivity index (χ4v) is 4.70. The van der Waals surface area contributed by atoms with E-state index in [-0.39, 0.29) is 48.0 Å². The fraction of sp³-hybridized carbons (Fsp3) is 0.571. The standard InChI is InChI=1S/C28H47N3O.2HI/c1-7-30(8-2,9-3)23-22-29(26-16-14-13-15-17-26)27-18-20-28(21-19-27)32-25-24-31(10-4,11-5)12-6;;/h13-21H,7-12,22-25H2,1-6H3;2*1H/q+2;;/p-2. The molecule has 0 aromatic heterocycles. The molecule has 0 atom stereocenters. The van der Waals surface area contributed by atoms with Crippen molar-refractivity contribution < 1.29 is 61.7 Å². The van der Waals surface area contributed by atoms with Gasteiger partial charge in [-0.05, 0) is 77.9 Å². The molecule has 0 unspecified atom stereocenters. The molecule has 0 saturated carbocycles. The molecule has 0 aliphatic rings. The Morgan fingerprint density at radius 2 is 1.03 bits per heavy atom. The summed E-state index contributed by atoms with van der Waals surface area (Å²) in [6, 6.07) is 19.4. The van der Waals surface area contributed by atoms with Crippen LogP contribution in [0.4, 0.5) is 11.4 Å². The van der Waals surface area contributed by atoms with Gasteiger partial charge in [0, 0.05) is 11.4 Å². The maximum absolute atomic E-state index is 6.14. The molecule has 6 heteroatoms. The molecular weight excluding hydrogens is 648 g/mol. The zero-order valence-electron chi connectivity index (χ0n) is 22.3. The van der Waals surface area contributed by atoms with Crippen molar-refractivity contribution in [3.63, 3.8) is 0 Å². The predicted octanol–water partition coefficient (Wildman–Crippen LogP) is -0.0355. The van der Waals surface area contributed by atoms with Crippen LogP contribution >= 0.6 is 0 Å². The van der Waals surface area contributed by atoms with Gasteiger partial charge in [-0.15, -0.1) is 0 Å². The third-order valence-electron chi connectivity index (χ3n) is 7.87. The second kappa shape index (κ2) is 17.0. The fourth-order valence-electron chi connectivity index (χ4n) is 4.70. The van der Waals surface area contributed by atoms with Crippen molar-refractivity contribution in [3.05, 3.63) is 54.6 Å². The van der Waals surface area contributed by atoms with E-state index in [1.54, 1.807) is 0 Å². The first-order valence-electron chi connectivity index (χ1n) is 12.8. The van der Waals surface area contributed by atoms with Crippen LogP contribution in [0.3, 0.4) is 0 Å². The van der Waals surface area contributed by atoms with E-state index in [0.29, 0.717) is 0 Å². The van der Waals surface area contributed by atoms with Gasteiger partial charge in [0.25, 0.3) is 0 Å². The normalized spacial score (nSPS) is 11.4. The highest BCUT2D eigenvalue weighted by Gasteiger charge is 2.23. The van der Waals surface area contributed by atoms with Gasteiger partial charge < -0.3 is 66.6 Å². The highest BCUT2D eigenvalue weighted by atomic mass is 127. The van der Waals surface area contributed by atoms with Crippen molar-refractivity contribution in [3.8, 4) is 5.75 Å². The summed E-state index contributed by atoms with van der Waals surface area (Å²) in [5, 5.41) is 0. The number of ether oxygens (including phenoxy) is 1. The minimum Gasteiger partial charge on any atom is -1.00 e. The smallest absolute Gasteiger partial charge is 0.137 e. The second-order valence-electron chi connectivity index (χ2n) is 8.86. The summed E-state index contributed by atoms with van der Waals surface area (Å²) in [6.45, 7) is 24.8. The maximum atomic E-state index is 6.14. The van der Waals surface area contributed by atoms with E-state index in [1.165, 1.54) is 31.0 Å². The molecule has 0 N–H and O–H groups in total. The van der Waals surface area contributed by atoms with Crippen molar-refractivity contribution in [1.82, 2.24) is 0 Å². The molecular formula is C28H47I2N3O. The Kier molecular flexibility index (Phi) is 16.7. The van der Waals surface area contributed by atoms with Crippen molar-refractivity contribution in [2.75, 3.05) is 70.4 Å². The Bertz CT molecular complexity index is 746. The topological polar surface area (TPSA) is 12.5 Å². The summed E-state index contributed by atoms with van der Waals surface area (Å²) in [4.78, 5) is 2.45. The molecule has 2 rings (SSSR count). The van der Waals surface area contributed by atoms with E-state index >= 15 is 0 Å². The van der Waals surface area contributed by atoms with Gasteiger partial charge >= 0.3 is 0 Å². The number of anilines is 2. The number of rotatable bonds is 15. The quantitative estimate of drug-likeness (QED) is 0.192. The number of hydrogen-bond acceptors (Lipinski definition) is 2. The number of likely N-dealkylation sites (N-methyl/N-ethyl adjacent to an activating group) is 2. The number of benzene rings is 2. The predicted molar refractivity (Wildman–Crippen MR) is 139 cm³/mol. The van der Waals surface area contributed by atoms with Crippen LogP contribution in [0.2, 0.25) is 0 Å². The molecule has 2 aromatic rings. The second-order valence-corrected chi connectivity index (χ2v) is 8.86. The van der Waals surface area contributed by atoms with Gasteiger partial charge in [0.1, 0.15) is 18.9 Å². The van der Waals surface area contributed by atoms with Gasteiger partial charge in [-0.3, -0.25) is 0 Å². The van der Waals surface area contributed by atoms with Gasteiger partial charge in [-0.25, -0.2) is 0 Å². The summed E-state index contributed by atoms with van der Waals surface area (Å²) < 4.78 is 8.40. The lowest BCUT2D eigenvalue weighted by molar-refractivity contribution is -0.923. The lowest BCUT2D eigenvalue weighted by Gasteiger charge is -2.38. The molecule has 0 heterocycles. The number of nitrogens with zero attached hydrogens (tertiary/aromatic N) is 3. The van der Waals surface area contributed by atoms with Gasteiger partial charge in [0.15, 0.2) is 0 Å². The Balaban J connectivity index is 0.00000544. The van der Waals surface area contributed by atoms with Crippen LogP contribution in [0.5, 0.6) is 5.75 Å². The van der Waals surface area contributed by atoms with Crippen molar-refractivity contribution in [2.24, 2.45) is 0 Å². The highest BCUT2D eigenvalue weighted by molar-refractivity contribution is 5.63. The van der Waals surface area contributed by atoms with E-state index in [4.69, 9.17) is 4.74 Å². The molecule has 0 spiro atoms. The minimum absolute atomic E-state index is 0. The van der Waals surface area contributed by atoms with Crippen LogP contribution in [0.25, 0.3) is 0 Å². The van der Waals surface area contributed by atoms with Crippen LogP contribution < -0.4 is 57.6 Å². The summed E-state index contributed by atoms with van der Waals surface area (Å²) in [6.07, 6.45) is 0. The van der Waals surface area contributed by atoms with Crippen LogP contribution in [0.15, 0.2) is 54.6 Å². The number of quaternary nitrogens is 2. The Labute approximate surface area is 243 Å². The molecule has 2 aromatic carbocycles. The average Bonchev–Trinajstić information content (AvgIpc) is 2.86. The number of halogens is 2. The molecule has 0 radical (unpaired) electrons. The van der Waals surface area contributed by atoms with E-state index in [0.717, 1.165) is 60.6 Å². The van der Waals surface area contributed by atoms with Crippen LogP contribution in [0, 0.1) is 0 Å². The van der Waals surface area contributed by atoms with Crippen molar-refractivity contribution in [1.29, 1.82) is 0 Å². The van der Waals surface area contributed by atoms with Crippen LogP contribution in [-0.2, 0) is 0 Å². The number of hydrogen-bond donors (Lipinski definition) is 0.